The largest absolute Gasteiger partial charge is 0.497 e. The molecular weight excluding hydrogens is 442 g/mol. The van der Waals surface area contributed by atoms with Crippen LogP contribution < -0.4 is 15.6 Å². The topological polar surface area (TPSA) is 95.6 Å². The molecule has 1 amide bonds. The number of hydrogen-bond donors (Lipinski definition) is 1. The minimum Gasteiger partial charge on any atom is -0.497 e. The lowest BCUT2D eigenvalue weighted by molar-refractivity contribution is -0.113. The van der Waals surface area contributed by atoms with Crippen LogP contribution in [0.5, 0.6) is 5.75 Å². The van der Waals surface area contributed by atoms with Gasteiger partial charge in [0.25, 0.3) is 5.56 Å². The van der Waals surface area contributed by atoms with Gasteiger partial charge in [-0.3, -0.25) is 14.2 Å². The van der Waals surface area contributed by atoms with Gasteiger partial charge in [-0.1, -0.05) is 23.9 Å². The van der Waals surface area contributed by atoms with Crippen molar-refractivity contribution in [1.29, 1.82) is 0 Å². The predicted molar refractivity (Wildman–Crippen MR) is 127 cm³/mol. The van der Waals surface area contributed by atoms with Crippen LogP contribution in [0, 0.1) is 0 Å². The lowest BCUT2D eigenvalue weighted by Crippen LogP contribution is -2.29. The Labute approximate surface area is 193 Å². The SMILES string of the molecule is COc1ccc(NC(=O)CSc2nc3c(oc4ccccc43)c(=O)n2CC2CCCO2)cc1. The van der Waals surface area contributed by atoms with Gasteiger partial charge in [-0.25, -0.2) is 4.98 Å². The van der Waals surface area contributed by atoms with Crippen LogP contribution >= 0.6 is 11.8 Å². The molecule has 0 radical (unpaired) electrons. The summed E-state index contributed by atoms with van der Waals surface area (Å²) < 4.78 is 18.3. The standard InChI is InChI=1S/C24H23N3O5S/c1-30-16-10-8-15(9-11-16)25-20(28)14-33-24-26-21-18-6-2-3-7-19(18)32-22(21)23(29)27(24)13-17-5-4-12-31-17/h2-3,6-11,17H,4-5,12-14H2,1H3,(H,25,28). The molecule has 1 fully saturated rings. The average Bonchev–Trinajstić information content (AvgIpc) is 3.48. The third-order valence-corrected chi connectivity index (χ3v) is 6.54. The number of anilines is 1. The Hall–Kier alpha value is -3.30. The van der Waals surface area contributed by atoms with E-state index in [1.165, 1.54) is 11.8 Å². The highest BCUT2D eigenvalue weighted by molar-refractivity contribution is 7.99. The fourth-order valence-corrected chi connectivity index (χ4v) is 4.72. The molecule has 1 atom stereocenters. The van der Waals surface area contributed by atoms with Crippen LogP contribution in [0.15, 0.2) is 62.9 Å². The van der Waals surface area contributed by atoms with Crippen molar-refractivity contribution in [1.82, 2.24) is 9.55 Å². The van der Waals surface area contributed by atoms with E-state index in [-0.39, 0.29) is 28.9 Å². The number of carbonyl (C=O) groups is 1. The van der Waals surface area contributed by atoms with E-state index in [0.717, 1.165) is 18.2 Å². The van der Waals surface area contributed by atoms with Gasteiger partial charge in [0.15, 0.2) is 5.16 Å². The third kappa shape index (κ3) is 4.46. The number of furan rings is 1. The van der Waals surface area contributed by atoms with E-state index in [2.05, 4.69) is 5.32 Å². The van der Waals surface area contributed by atoms with Crippen LogP contribution in [-0.2, 0) is 16.1 Å². The van der Waals surface area contributed by atoms with Gasteiger partial charge < -0.3 is 19.2 Å². The van der Waals surface area contributed by atoms with Crippen LogP contribution in [-0.4, -0.2) is 41.0 Å². The van der Waals surface area contributed by atoms with E-state index in [0.29, 0.717) is 40.8 Å². The Morgan fingerprint density at radius 3 is 2.82 bits per heavy atom. The molecule has 0 spiro atoms. The van der Waals surface area contributed by atoms with Crippen molar-refractivity contribution >= 4 is 45.4 Å². The fourth-order valence-electron chi connectivity index (χ4n) is 3.92. The summed E-state index contributed by atoms with van der Waals surface area (Å²) in [6.45, 7) is 1.06. The summed E-state index contributed by atoms with van der Waals surface area (Å²) in [5.41, 5.74) is 1.76. The predicted octanol–water partition coefficient (Wildman–Crippen LogP) is 4.06. The zero-order chi connectivity index (χ0) is 22.8. The Bertz CT molecular complexity index is 1360. The highest BCUT2D eigenvalue weighted by Gasteiger charge is 2.23. The van der Waals surface area contributed by atoms with Crippen molar-refractivity contribution < 1.29 is 18.7 Å². The summed E-state index contributed by atoms with van der Waals surface area (Å²) in [4.78, 5) is 30.7. The summed E-state index contributed by atoms with van der Waals surface area (Å²) in [6, 6.07) is 14.5. The number of amides is 1. The highest BCUT2D eigenvalue weighted by atomic mass is 32.2. The van der Waals surface area contributed by atoms with Gasteiger partial charge in [-0.15, -0.1) is 0 Å². The summed E-state index contributed by atoms with van der Waals surface area (Å²) in [5.74, 6) is 0.622. The van der Waals surface area contributed by atoms with Gasteiger partial charge in [0.05, 0.1) is 25.5 Å². The van der Waals surface area contributed by atoms with Crippen molar-refractivity contribution in [3.05, 3.63) is 58.9 Å². The molecule has 1 N–H and O–H groups in total. The zero-order valence-corrected chi connectivity index (χ0v) is 18.9. The van der Waals surface area contributed by atoms with Gasteiger partial charge in [0.1, 0.15) is 16.8 Å². The van der Waals surface area contributed by atoms with Crippen LogP contribution in [0.25, 0.3) is 22.1 Å². The number of rotatable bonds is 7. The normalized spacial score (nSPS) is 15.8. The molecule has 3 heterocycles. The number of nitrogens with zero attached hydrogens (tertiary/aromatic N) is 2. The number of methoxy groups -OCH3 is 1. The quantitative estimate of drug-likeness (QED) is 0.325. The van der Waals surface area contributed by atoms with Crippen molar-refractivity contribution in [2.24, 2.45) is 0 Å². The first-order chi connectivity index (χ1) is 16.1. The molecule has 4 aromatic rings. The van der Waals surface area contributed by atoms with Crippen LogP contribution in [0.1, 0.15) is 12.8 Å². The number of para-hydroxylation sites is 1. The molecule has 5 rings (SSSR count). The third-order valence-electron chi connectivity index (χ3n) is 5.56. The average molecular weight is 466 g/mol. The number of hydrogen-bond acceptors (Lipinski definition) is 7. The maximum Gasteiger partial charge on any atom is 0.297 e. The highest BCUT2D eigenvalue weighted by Crippen LogP contribution is 2.28. The van der Waals surface area contributed by atoms with E-state index >= 15 is 0 Å². The van der Waals surface area contributed by atoms with Crippen LogP contribution in [0.2, 0.25) is 0 Å². The minimum absolute atomic E-state index is 0.0567. The van der Waals surface area contributed by atoms with Crippen molar-refractivity contribution in [2.45, 2.75) is 30.6 Å². The monoisotopic (exact) mass is 465 g/mol. The molecule has 0 bridgehead atoms. The Balaban J connectivity index is 1.43. The van der Waals surface area contributed by atoms with E-state index in [1.807, 2.05) is 24.3 Å². The molecule has 0 saturated carbocycles. The smallest absolute Gasteiger partial charge is 0.297 e. The molecule has 170 valence electrons. The molecule has 33 heavy (non-hydrogen) atoms. The number of aromatic nitrogens is 2. The molecule has 2 aromatic carbocycles. The molecule has 1 saturated heterocycles. The Kier molecular flexibility index (Phi) is 6.06. The molecule has 0 aliphatic carbocycles. The Morgan fingerprint density at radius 2 is 2.06 bits per heavy atom. The first kappa shape index (κ1) is 21.5. The Morgan fingerprint density at radius 1 is 1.24 bits per heavy atom. The van der Waals surface area contributed by atoms with Crippen LogP contribution in [0.4, 0.5) is 5.69 Å². The first-order valence-electron chi connectivity index (χ1n) is 10.7. The van der Waals surface area contributed by atoms with Crippen molar-refractivity contribution in [3.63, 3.8) is 0 Å². The molecule has 8 nitrogen and oxygen atoms in total. The van der Waals surface area contributed by atoms with Gasteiger partial charge in [-0.05, 0) is 49.2 Å². The second-order valence-electron chi connectivity index (χ2n) is 7.79. The number of ether oxygens (including phenoxy) is 2. The molecule has 1 unspecified atom stereocenters. The van der Waals surface area contributed by atoms with Crippen LogP contribution in [0.3, 0.4) is 0 Å². The minimum atomic E-state index is -0.259. The summed E-state index contributed by atoms with van der Waals surface area (Å²) in [6.07, 6.45) is 1.79. The van der Waals surface area contributed by atoms with E-state index < -0.39 is 0 Å². The van der Waals surface area contributed by atoms with Crippen molar-refractivity contribution in [2.75, 3.05) is 24.8 Å². The molecule has 2 aromatic heterocycles. The molecular formula is C24H23N3O5S. The van der Waals surface area contributed by atoms with Gasteiger partial charge in [-0.2, -0.15) is 0 Å². The number of nitrogens with one attached hydrogen (secondary N) is 1. The number of benzene rings is 2. The molecule has 1 aliphatic heterocycles. The lowest BCUT2D eigenvalue weighted by atomic mass is 10.2. The number of thioether (sulfide) groups is 1. The number of carbonyl (C=O) groups excluding carboxylic acids is 1. The second kappa shape index (κ2) is 9.29. The fraction of sp³-hybridized carbons (Fsp3) is 0.292. The zero-order valence-electron chi connectivity index (χ0n) is 18.1. The maximum absolute atomic E-state index is 13.4. The summed E-state index contributed by atoms with van der Waals surface area (Å²) in [5, 5.41) is 4.11. The van der Waals surface area contributed by atoms with Gasteiger partial charge in [0.2, 0.25) is 11.5 Å². The van der Waals surface area contributed by atoms with E-state index in [4.69, 9.17) is 18.9 Å². The van der Waals surface area contributed by atoms with E-state index in [1.54, 1.807) is 35.9 Å². The van der Waals surface area contributed by atoms with Gasteiger partial charge in [0, 0.05) is 17.7 Å². The summed E-state index contributed by atoms with van der Waals surface area (Å²) in [7, 11) is 1.59. The lowest BCUT2D eigenvalue weighted by Gasteiger charge is -2.15. The molecule has 1 aliphatic rings. The van der Waals surface area contributed by atoms with E-state index in [9.17, 15) is 9.59 Å². The molecule has 9 heteroatoms. The van der Waals surface area contributed by atoms with Gasteiger partial charge >= 0.3 is 0 Å². The maximum atomic E-state index is 13.4. The first-order valence-corrected chi connectivity index (χ1v) is 11.7. The summed E-state index contributed by atoms with van der Waals surface area (Å²) >= 11 is 1.22. The van der Waals surface area contributed by atoms with Crippen molar-refractivity contribution in [3.8, 4) is 5.75 Å². The number of fused-ring (bicyclic) bond motifs is 3. The second-order valence-corrected chi connectivity index (χ2v) is 8.73.